The van der Waals surface area contributed by atoms with E-state index in [0.29, 0.717) is 16.8 Å². The number of H-pyrrole nitrogens is 1. The zero-order valence-electron chi connectivity index (χ0n) is 17.9. The van der Waals surface area contributed by atoms with E-state index in [-0.39, 0.29) is 35.6 Å². The molecule has 1 aromatic heterocycles. The molecule has 1 aliphatic carbocycles. The minimum atomic E-state index is -0.505. The van der Waals surface area contributed by atoms with Crippen molar-refractivity contribution in [2.24, 2.45) is 0 Å². The van der Waals surface area contributed by atoms with Gasteiger partial charge in [0, 0.05) is 22.8 Å². The van der Waals surface area contributed by atoms with Crippen LogP contribution in [0.5, 0.6) is 0 Å². The largest absolute Gasteiger partial charge is 0.464 e. The minimum Gasteiger partial charge on any atom is -0.464 e. The number of rotatable bonds is 5. The second-order valence-corrected chi connectivity index (χ2v) is 8.64. The van der Waals surface area contributed by atoms with Crippen molar-refractivity contribution in [1.82, 2.24) is 15.2 Å². The summed E-state index contributed by atoms with van der Waals surface area (Å²) in [6.45, 7) is 9.25. The topological polar surface area (TPSA) is 91.5 Å². The Balaban J connectivity index is 2.28. The van der Waals surface area contributed by atoms with Crippen LogP contribution in [0.1, 0.15) is 85.0 Å². The van der Waals surface area contributed by atoms with Gasteiger partial charge >= 0.3 is 12.0 Å². The number of hydrogen-bond acceptors (Lipinski definition) is 4. The maximum absolute atomic E-state index is 13.1. The first-order valence-electron chi connectivity index (χ1n) is 9.94. The van der Waals surface area contributed by atoms with Crippen molar-refractivity contribution in [3.8, 4) is 0 Å². The van der Waals surface area contributed by atoms with Crippen molar-refractivity contribution in [2.75, 3.05) is 13.7 Å². The van der Waals surface area contributed by atoms with Crippen LogP contribution < -0.4 is 5.32 Å². The number of Topliss-reactive ketones (excluding diaryl/α,β-unsaturated/α-hetero) is 1. The van der Waals surface area contributed by atoms with Crippen LogP contribution in [0.25, 0.3) is 0 Å². The van der Waals surface area contributed by atoms with Gasteiger partial charge in [0.25, 0.3) is 0 Å². The monoisotopic (exact) mass is 391 g/mol. The SMILES string of the molecule is COC(=O)c1[nH]c(C)c(C(=O)CN(C(=O)NC(C)(C)C)C2CCCCC2)c1C. The fourth-order valence-electron chi connectivity index (χ4n) is 3.86. The molecule has 2 N–H and O–H groups in total. The van der Waals surface area contributed by atoms with E-state index < -0.39 is 5.97 Å². The van der Waals surface area contributed by atoms with Crippen LogP contribution in [0.15, 0.2) is 0 Å². The predicted octanol–water partition coefficient (Wildman–Crippen LogP) is 3.74. The molecule has 156 valence electrons. The summed E-state index contributed by atoms with van der Waals surface area (Å²) in [6.07, 6.45) is 5.10. The molecular weight excluding hydrogens is 358 g/mol. The molecule has 0 spiro atoms. The fraction of sp³-hybridized carbons (Fsp3) is 0.667. The Kier molecular flexibility index (Phi) is 6.91. The molecule has 1 fully saturated rings. The van der Waals surface area contributed by atoms with Gasteiger partial charge in [0.05, 0.1) is 13.7 Å². The van der Waals surface area contributed by atoms with Gasteiger partial charge in [-0.15, -0.1) is 0 Å². The van der Waals surface area contributed by atoms with Crippen LogP contribution in [0.3, 0.4) is 0 Å². The average molecular weight is 392 g/mol. The average Bonchev–Trinajstić information content (AvgIpc) is 2.92. The minimum absolute atomic E-state index is 0.00722. The zero-order valence-corrected chi connectivity index (χ0v) is 17.9. The quantitative estimate of drug-likeness (QED) is 0.591. The molecule has 0 unspecified atom stereocenters. The van der Waals surface area contributed by atoms with Gasteiger partial charge in [-0.3, -0.25) is 4.79 Å². The van der Waals surface area contributed by atoms with Crippen LogP contribution >= 0.6 is 0 Å². The van der Waals surface area contributed by atoms with Gasteiger partial charge in [-0.2, -0.15) is 0 Å². The van der Waals surface area contributed by atoms with Gasteiger partial charge in [-0.05, 0) is 53.0 Å². The molecule has 1 aliphatic rings. The molecule has 1 saturated carbocycles. The number of carbonyl (C=O) groups is 3. The number of nitrogens with one attached hydrogen (secondary N) is 2. The highest BCUT2D eigenvalue weighted by molar-refractivity contribution is 6.04. The Morgan fingerprint density at radius 3 is 2.29 bits per heavy atom. The highest BCUT2D eigenvalue weighted by Gasteiger charge is 2.31. The van der Waals surface area contributed by atoms with E-state index in [4.69, 9.17) is 4.74 Å². The van der Waals surface area contributed by atoms with Crippen LogP contribution in [-0.4, -0.2) is 52.9 Å². The standard InChI is InChI=1S/C21H33N3O4/c1-13-17(14(2)22-18(13)19(26)28-6)16(25)12-24(15-10-8-7-9-11-15)20(27)23-21(3,4)5/h15,22H,7-12H2,1-6H3,(H,23,27). The first kappa shape index (κ1) is 22.0. The van der Waals surface area contributed by atoms with E-state index in [2.05, 4.69) is 10.3 Å². The van der Waals surface area contributed by atoms with Crippen LogP contribution in [0, 0.1) is 13.8 Å². The number of carbonyl (C=O) groups excluding carboxylic acids is 3. The molecule has 7 heteroatoms. The lowest BCUT2D eigenvalue weighted by molar-refractivity contribution is 0.0593. The van der Waals surface area contributed by atoms with Crippen molar-refractivity contribution in [1.29, 1.82) is 0 Å². The molecule has 0 bridgehead atoms. The van der Waals surface area contributed by atoms with E-state index >= 15 is 0 Å². The van der Waals surface area contributed by atoms with Gasteiger partial charge in [0.1, 0.15) is 5.69 Å². The normalized spacial score (nSPS) is 15.2. The highest BCUT2D eigenvalue weighted by Crippen LogP contribution is 2.25. The Hall–Kier alpha value is -2.31. The number of ether oxygens (including phenoxy) is 1. The molecule has 1 aromatic rings. The van der Waals surface area contributed by atoms with E-state index in [1.807, 2.05) is 20.8 Å². The summed E-state index contributed by atoms with van der Waals surface area (Å²) in [5, 5.41) is 2.99. The molecule has 0 aromatic carbocycles. The lowest BCUT2D eigenvalue weighted by Gasteiger charge is -2.36. The second-order valence-electron chi connectivity index (χ2n) is 8.64. The predicted molar refractivity (Wildman–Crippen MR) is 108 cm³/mol. The number of hydrogen-bond donors (Lipinski definition) is 2. The molecule has 0 radical (unpaired) electrons. The number of methoxy groups -OCH3 is 1. The summed E-state index contributed by atoms with van der Waals surface area (Å²) < 4.78 is 4.78. The van der Waals surface area contributed by atoms with Crippen LogP contribution in [0.4, 0.5) is 4.79 Å². The molecule has 0 saturated heterocycles. The summed E-state index contributed by atoms with van der Waals surface area (Å²) in [5.41, 5.74) is 1.54. The number of ketones is 1. The van der Waals surface area contributed by atoms with Crippen LogP contribution in [-0.2, 0) is 4.74 Å². The summed E-state index contributed by atoms with van der Waals surface area (Å²) in [6, 6.07) is -0.161. The summed E-state index contributed by atoms with van der Waals surface area (Å²) >= 11 is 0. The molecular formula is C21H33N3O4. The van der Waals surface area contributed by atoms with Crippen molar-refractivity contribution in [3.05, 3.63) is 22.5 Å². The number of aryl methyl sites for hydroxylation is 1. The van der Waals surface area contributed by atoms with Crippen molar-refractivity contribution < 1.29 is 19.1 Å². The number of aromatic amines is 1. The summed E-state index contributed by atoms with van der Waals surface area (Å²) in [5.74, 6) is -0.676. The van der Waals surface area contributed by atoms with E-state index in [1.165, 1.54) is 7.11 Å². The van der Waals surface area contributed by atoms with E-state index in [9.17, 15) is 14.4 Å². The molecule has 1 heterocycles. The molecule has 7 nitrogen and oxygen atoms in total. The van der Waals surface area contributed by atoms with E-state index in [1.54, 1.807) is 18.7 Å². The van der Waals surface area contributed by atoms with Gasteiger partial charge in [0.2, 0.25) is 0 Å². The number of amides is 2. The van der Waals surface area contributed by atoms with Crippen LogP contribution in [0.2, 0.25) is 0 Å². The van der Waals surface area contributed by atoms with Gasteiger partial charge < -0.3 is 19.9 Å². The first-order chi connectivity index (χ1) is 13.0. The second kappa shape index (κ2) is 8.80. The lowest BCUT2D eigenvalue weighted by atomic mass is 9.93. The Morgan fingerprint density at radius 2 is 1.75 bits per heavy atom. The molecule has 2 amide bonds. The maximum Gasteiger partial charge on any atom is 0.354 e. The molecule has 0 atom stereocenters. The van der Waals surface area contributed by atoms with Crippen molar-refractivity contribution in [3.63, 3.8) is 0 Å². The lowest BCUT2D eigenvalue weighted by Crippen LogP contribution is -2.53. The van der Waals surface area contributed by atoms with Gasteiger partial charge in [0.15, 0.2) is 5.78 Å². The number of esters is 1. The van der Waals surface area contributed by atoms with Gasteiger partial charge in [-0.25, -0.2) is 9.59 Å². The number of urea groups is 1. The fourth-order valence-corrected chi connectivity index (χ4v) is 3.86. The summed E-state index contributed by atoms with van der Waals surface area (Å²) in [4.78, 5) is 42.6. The third-order valence-corrected chi connectivity index (χ3v) is 5.18. The van der Waals surface area contributed by atoms with Gasteiger partial charge in [-0.1, -0.05) is 19.3 Å². The smallest absolute Gasteiger partial charge is 0.354 e. The number of aromatic nitrogens is 1. The molecule has 0 aliphatic heterocycles. The van der Waals surface area contributed by atoms with E-state index in [0.717, 1.165) is 32.1 Å². The zero-order chi connectivity index (χ0) is 21.1. The third kappa shape index (κ3) is 5.14. The third-order valence-electron chi connectivity index (χ3n) is 5.18. The Morgan fingerprint density at radius 1 is 1.14 bits per heavy atom. The molecule has 28 heavy (non-hydrogen) atoms. The van der Waals surface area contributed by atoms with Crippen molar-refractivity contribution >= 4 is 17.8 Å². The Bertz CT molecular complexity index is 740. The Labute approximate surface area is 167 Å². The first-order valence-corrected chi connectivity index (χ1v) is 9.94. The van der Waals surface area contributed by atoms with Crippen molar-refractivity contribution in [2.45, 2.75) is 78.3 Å². The number of nitrogens with zero attached hydrogens (tertiary/aromatic N) is 1. The highest BCUT2D eigenvalue weighted by atomic mass is 16.5. The maximum atomic E-state index is 13.1. The summed E-state index contributed by atoms with van der Waals surface area (Å²) in [7, 11) is 1.31. The molecule has 2 rings (SSSR count).